The molecule has 0 aromatic rings. The van der Waals surface area contributed by atoms with Crippen molar-refractivity contribution in [3.05, 3.63) is 0 Å². The largest absolute Gasteiger partial charge is 0.465 e. The second-order valence-electron chi connectivity index (χ2n) is 12.7. The van der Waals surface area contributed by atoms with Gasteiger partial charge in [0.05, 0.1) is 19.6 Å². The molecular weight excluding hydrogens is 440 g/mol. The molecule has 0 aromatic carbocycles. The van der Waals surface area contributed by atoms with Crippen molar-refractivity contribution in [2.45, 2.75) is 111 Å². The highest BCUT2D eigenvalue weighted by atomic mass is 16.5. The molecule has 0 amide bonds. The van der Waals surface area contributed by atoms with E-state index < -0.39 is 0 Å². The Balaban J connectivity index is 2.34. The summed E-state index contributed by atoms with van der Waals surface area (Å²) in [7, 11) is 4.20. The van der Waals surface area contributed by atoms with E-state index in [0.29, 0.717) is 37.9 Å². The van der Waals surface area contributed by atoms with E-state index in [4.69, 9.17) is 9.47 Å². The first-order valence-corrected chi connectivity index (χ1v) is 14.0. The van der Waals surface area contributed by atoms with E-state index in [0.717, 1.165) is 71.0 Å². The minimum atomic E-state index is -0.0805. The molecule has 1 rings (SSSR count). The summed E-state index contributed by atoms with van der Waals surface area (Å²) < 4.78 is 11.3. The maximum absolute atomic E-state index is 12.5. The lowest BCUT2D eigenvalue weighted by atomic mass is 9.91. The van der Waals surface area contributed by atoms with Crippen LogP contribution in [0.4, 0.5) is 0 Å². The van der Waals surface area contributed by atoms with Crippen molar-refractivity contribution in [2.24, 2.45) is 17.3 Å². The third-order valence-electron chi connectivity index (χ3n) is 7.59. The van der Waals surface area contributed by atoms with Crippen molar-refractivity contribution in [2.75, 3.05) is 46.9 Å². The summed E-state index contributed by atoms with van der Waals surface area (Å²) in [6.07, 6.45) is 9.31. The average Bonchev–Trinajstić information content (AvgIpc) is 3.01. The lowest BCUT2D eigenvalue weighted by molar-refractivity contribution is -0.147. The van der Waals surface area contributed by atoms with Crippen LogP contribution in [0.25, 0.3) is 0 Å². The Morgan fingerprint density at radius 1 is 0.800 bits per heavy atom. The van der Waals surface area contributed by atoms with Crippen LogP contribution in [0.1, 0.15) is 106 Å². The molecule has 35 heavy (non-hydrogen) atoms. The van der Waals surface area contributed by atoms with Gasteiger partial charge in [-0.15, -0.1) is 0 Å². The van der Waals surface area contributed by atoms with E-state index in [-0.39, 0.29) is 22.9 Å². The average molecular weight is 497 g/mol. The number of carbonyl (C=O) groups is 2. The Kier molecular flexibility index (Phi) is 14.5. The van der Waals surface area contributed by atoms with Gasteiger partial charge in [0.15, 0.2) is 0 Å². The van der Waals surface area contributed by atoms with Crippen LogP contribution in [-0.2, 0) is 19.1 Å². The van der Waals surface area contributed by atoms with Crippen LogP contribution < -0.4 is 0 Å². The molecule has 1 aliphatic rings. The second kappa shape index (κ2) is 15.9. The maximum atomic E-state index is 12.5. The summed E-state index contributed by atoms with van der Waals surface area (Å²) in [6, 6.07) is 0. The maximum Gasteiger partial charge on any atom is 0.307 e. The molecule has 0 N–H and O–H groups in total. The lowest BCUT2D eigenvalue weighted by Gasteiger charge is -2.38. The minimum absolute atomic E-state index is 0.0725. The zero-order chi connectivity index (χ0) is 26.5. The minimum Gasteiger partial charge on any atom is -0.465 e. The van der Waals surface area contributed by atoms with E-state index in [1.807, 2.05) is 0 Å². The Hall–Kier alpha value is -1.14. The van der Waals surface area contributed by atoms with E-state index in [1.54, 1.807) is 0 Å². The standard InChI is InChI=1S/C29H56N2O4/c1-9-29(5,6)31(20-11-19-30(7)8)21-17-27(33)35-23-25-13-10-12-24(14-15-25)22-34-26(32)16-18-28(2,3)4/h24-25H,9-23H2,1-8H3. The fourth-order valence-corrected chi connectivity index (χ4v) is 4.58. The predicted molar refractivity (Wildman–Crippen MR) is 144 cm³/mol. The van der Waals surface area contributed by atoms with Crippen LogP contribution in [0.15, 0.2) is 0 Å². The highest BCUT2D eigenvalue weighted by molar-refractivity contribution is 5.69. The molecule has 2 unspecified atom stereocenters. The second-order valence-corrected chi connectivity index (χ2v) is 12.7. The lowest BCUT2D eigenvalue weighted by Crippen LogP contribution is -2.45. The first-order valence-electron chi connectivity index (χ1n) is 14.0. The molecule has 0 radical (unpaired) electrons. The molecule has 0 bridgehead atoms. The van der Waals surface area contributed by atoms with Crippen LogP contribution in [0.2, 0.25) is 0 Å². The Labute approximate surface area is 216 Å². The number of hydrogen-bond donors (Lipinski definition) is 0. The third-order valence-corrected chi connectivity index (χ3v) is 7.59. The molecule has 0 aliphatic heterocycles. The van der Waals surface area contributed by atoms with Crippen molar-refractivity contribution in [1.29, 1.82) is 0 Å². The van der Waals surface area contributed by atoms with Crippen molar-refractivity contribution in [3.8, 4) is 0 Å². The van der Waals surface area contributed by atoms with Crippen LogP contribution in [-0.4, -0.2) is 74.2 Å². The molecule has 0 heterocycles. The van der Waals surface area contributed by atoms with Crippen LogP contribution in [0, 0.1) is 17.3 Å². The van der Waals surface area contributed by atoms with Gasteiger partial charge in [0.2, 0.25) is 0 Å². The number of nitrogens with zero attached hydrogens (tertiary/aromatic N) is 2. The van der Waals surface area contributed by atoms with Gasteiger partial charge in [-0.05, 0) is 103 Å². The van der Waals surface area contributed by atoms with Crippen molar-refractivity contribution >= 4 is 11.9 Å². The molecule has 2 atom stereocenters. The number of carbonyl (C=O) groups excluding carboxylic acids is 2. The summed E-state index contributed by atoms with van der Waals surface area (Å²) in [4.78, 5) is 29.2. The van der Waals surface area contributed by atoms with Crippen LogP contribution in [0.3, 0.4) is 0 Å². The Bertz CT molecular complexity index is 612. The fraction of sp³-hybridized carbons (Fsp3) is 0.931. The van der Waals surface area contributed by atoms with E-state index >= 15 is 0 Å². The smallest absolute Gasteiger partial charge is 0.307 e. The number of ether oxygens (including phenoxy) is 2. The van der Waals surface area contributed by atoms with E-state index in [1.165, 1.54) is 0 Å². The molecule has 6 heteroatoms. The molecule has 1 aliphatic carbocycles. The highest BCUT2D eigenvalue weighted by Crippen LogP contribution is 2.28. The SMILES string of the molecule is CCC(C)(C)N(CCCN(C)C)CCC(=O)OCC1CCCC(COC(=O)CCC(C)(C)C)CC1. The van der Waals surface area contributed by atoms with Gasteiger partial charge in [0, 0.05) is 18.5 Å². The zero-order valence-corrected chi connectivity index (χ0v) is 24.3. The topological polar surface area (TPSA) is 59.1 Å². The third kappa shape index (κ3) is 14.9. The molecule has 0 spiro atoms. The van der Waals surface area contributed by atoms with Gasteiger partial charge in [-0.1, -0.05) is 34.1 Å². The normalized spacial score (nSPS) is 19.6. The molecule has 1 saturated carbocycles. The van der Waals surface area contributed by atoms with E-state index in [9.17, 15) is 9.59 Å². The summed E-state index contributed by atoms with van der Waals surface area (Å²) >= 11 is 0. The Morgan fingerprint density at radius 3 is 1.83 bits per heavy atom. The molecular formula is C29H56N2O4. The number of esters is 2. The predicted octanol–water partition coefficient (Wildman–Crippen LogP) is 5.93. The van der Waals surface area contributed by atoms with Crippen LogP contribution >= 0.6 is 0 Å². The van der Waals surface area contributed by atoms with Gasteiger partial charge in [0.1, 0.15) is 0 Å². The van der Waals surface area contributed by atoms with Crippen molar-refractivity contribution in [3.63, 3.8) is 0 Å². The number of hydrogen-bond acceptors (Lipinski definition) is 6. The fourth-order valence-electron chi connectivity index (χ4n) is 4.58. The Morgan fingerprint density at radius 2 is 1.34 bits per heavy atom. The van der Waals surface area contributed by atoms with Crippen LogP contribution in [0.5, 0.6) is 0 Å². The zero-order valence-electron chi connectivity index (χ0n) is 24.3. The summed E-state index contributed by atoms with van der Waals surface area (Å²) in [5.74, 6) is 0.699. The van der Waals surface area contributed by atoms with Gasteiger partial charge >= 0.3 is 11.9 Å². The summed E-state index contributed by atoms with van der Waals surface area (Å²) in [6.45, 7) is 17.0. The number of rotatable bonds is 15. The molecule has 0 aromatic heterocycles. The highest BCUT2D eigenvalue weighted by Gasteiger charge is 2.26. The van der Waals surface area contributed by atoms with Gasteiger partial charge in [0.25, 0.3) is 0 Å². The van der Waals surface area contributed by atoms with Gasteiger partial charge in [-0.3, -0.25) is 14.5 Å². The molecule has 0 saturated heterocycles. The first-order chi connectivity index (χ1) is 16.3. The first kappa shape index (κ1) is 31.9. The monoisotopic (exact) mass is 496 g/mol. The van der Waals surface area contributed by atoms with Gasteiger partial charge in [-0.2, -0.15) is 0 Å². The van der Waals surface area contributed by atoms with E-state index in [2.05, 4.69) is 65.4 Å². The molecule has 6 nitrogen and oxygen atoms in total. The molecule has 1 fully saturated rings. The van der Waals surface area contributed by atoms with Gasteiger partial charge < -0.3 is 14.4 Å². The summed E-state index contributed by atoms with van der Waals surface area (Å²) in [5, 5.41) is 0. The summed E-state index contributed by atoms with van der Waals surface area (Å²) in [5.41, 5.74) is 0.238. The van der Waals surface area contributed by atoms with Crippen molar-refractivity contribution in [1.82, 2.24) is 9.80 Å². The van der Waals surface area contributed by atoms with Crippen molar-refractivity contribution < 1.29 is 19.1 Å². The molecule has 206 valence electrons. The van der Waals surface area contributed by atoms with Gasteiger partial charge in [-0.25, -0.2) is 0 Å². The quantitative estimate of drug-likeness (QED) is 0.207.